The quantitative estimate of drug-likeness (QED) is 0.0134. The van der Waals surface area contributed by atoms with Crippen LogP contribution in [0.5, 0.6) is 11.5 Å². The number of hydrogen-bond donors (Lipinski definition) is 11. The predicted molar refractivity (Wildman–Crippen MR) is 360 cm³/mol. The van der Waals surface area contributed by atoms with Gasteiger partial charge in [0.1, 0.15) is 34.8 Å². The van der Waals surface area contributed by atoms with Gasteiger partial charge in [-0.2, -0.15) is 0 Å². The number of rotatable bonds is 29. The Labute approximate surface area is 540 Å². The maximum atomic E-state index is 13.8. The Hall–Kier alpha value is -8.16. The molecule has 23 nitrogen and oxygen atoms in total. The number of carbonyl (C=O) groups excluding carboxylic acids is 4. The van der Waals surface area contributed by atoms with Crippen molar-refractivity contribution in [3.05, 3.63) is 117 Å². The molecule has 498 valence electrons. The standard InChI is InChI=1S/C67H93N13O10S2/c1-40-42(3)60(44(5)48-26-28-66(7,8)89-58(40)48)91(85,86)79-64(68)73-33-17-24-54(77-56(81)36-46-38-75-52-22-13-11-20-50(46)52)62(83)71-32-16-15-30-70-31-19-35-72-63(84)55(78-57(82)37-47-39-76-53-23-14-12-21-51(47)53)25-18-34-74-65(69)80-92(87,88)61-43(4)41(2)59-49(45(61)6)27-29-67(9,10)90-59/h11-14,20-23,38-39,54-55,70,75-76H,15-19,24-37H2,1-10H3,(H,71,83)(H,72,84)(H,77,81)(H,78,82)(H3,68,73,79)(H3,69,74,80)/t54-,55-/m1/s1. The number of nitrogens with two attached hydrogens (primary N) is 2. The van der Waals surface area contributed by atoms with Crippen molar-refractivity contribution in [2.24, 2.45) is 21.5 Å². The first-order valence-electron chi connectivity index (χ1n) is 31.8. The van der Waals surface area contributed by atoms with Gasteiger partial charge in [0.2, 0.25) is 35.5 Å². The van der Waals surface area contributed by atoms with E-state index < -0.39 is 32.1 Å². The highest BCUT2D eigenvalue weighted by molar-refractivity contribution is 7.90. The topological polar surface area (TPSA) is 348 Å². The number of carbonyl (C=O) groups is 4. The lowest BCUT2D eigenvalue weighted by Gasteiger charge is -2.35. The molecule has 0 spiro atoms. The molecule has 0 saturated carbocycles. The summed E-state index contributed by atoms with van der Waals surface area (Å²) in [5.41, 5.74) is 20.6. The summed E-state index contributed by atoms with van der Waals surface area (Å²) in [7, 11) is -8.26. The van der Waals surface area contributed by atoms with E-state index in [1.807, 2.05) is 90.1 Å². The first-order valence-corrected chi connectivity index (χ1v) is 34.8. The average molecular weight is 1300 g/mol. The van der Waals surface area contributed by atoms with Gasteiger partial charge in [0.15, 0.2) is 0 Å². The van der Waals surface area contributed by atoms with Crippen molar-refractivity contribution in [1.82, 2.24) is 46.0 Å². The van der Waals surface area contributed by atoms with Gasteiger partial charge in [-0.15, -0.1) is 0 Å². The van der Waals surface area contributed by atoms with Crippen LogP contribution in [-0.2, 0) is 64.9 Å². The van der Waals surface area contributed by atoms with Crippen LogP contribution in [0.4, 0.5) is 0 Å². The van der Waals surface area contributed by atoms with Crippen molar-refractivity contribution in [2.45, 2.75) is 186 Å². The number of aromatic nitrogens is 2. The Morgan fingerprint density at radius 3 is 1.37 bits per heavy atom. The number of aromatic amines is 2. The van der Waals surface area contributed by atoms with Crippen molar-refractivity contribution in [3.8, 4) is 11.5 Å². The summed E-state index contributed by atoms with van der Waals surface area (Å²) in [6.45, 7) is 20.9. The molecule has 2 aliphatic rings. The fourth-order valence-electron chi connectivity index (χ4n) is 12.2. The molecule has 92 heavy (non-hydrogen) atoms. The second-order valence-electron chi connectivity index (χ2n) is 25.5. The number of ether oxygens (including phenoxy) is 2. The summed E-state index contributed by atoms with van der Waals surface area (Å²) in [6.07, 6.45) is 9.37. The highest BCUT2D eigenvalue weighted by Gasteiger charge is 2.36. The fourth-order valence-corrected chi connectivity index (χ4v) is 15.3. The van der Waals surface area contributed by atoms with Gasteiger partial charge in [0, 0.05) is 60.4 Å². The van der Waals surface area contributed by atoms with E-state index in [1.165, 1.54) is 0 Å². The van der Waals surface area contributed by atoms with E-state index in [2.05, 4.69) is 56.0 Å². The molecule has 8 rings (SSSR count). The Morgan fingerprint density at radius 2 is 0.935 bits per heavy atom. The summed E-state index contributed by atoms with van der Waals surface area (Å²) in [5.74, 6) is -0.566. The van der Waals surface area contributed by atoms with E-state index >= 15 is 0 Å². The molecular weight excluding hydrogens is 1210 g/mol. The molecule has 6 aromatic rings. The average Bonchev–Trinajstić information content (AvgIpc) is 0.986. The number of H-pyrrole nitrogens is 2. The van der Waals surface area contributed by atoms with Crippen molar-refractivity contribution in [3.63, 3.8) is 0 Å². The Bertz CT molecular complexity index is 3750. The van der Waals surface area contributed by atoms with E-state index in [9.17, 15) is 36.0 Å². The minimum atomic E-state index is -4.13. The highest BCUT2D eigenvalue weighted by Crippen LogP contribution is 2.44. The Morgan fingerprint density at radius 1 is 0.543 bits per heavy atom. The summed E-state index contributed by atoms with van der Waals surface area (Å²) in [6, 6.07) is 13.5. The zero-order valence-electron chi connectivity index (χ0n) is 54.8. The first kappa shape index (κ1) is 69.7. The number of amides is 4. The lowest BCUT2D eigenvalue weighted by atomic mass is 9.88. The maximum Gasteiger partial charge on any atom is 0.264 e. The molecule has 2 aromatic heterocycles. The van der Waals surface area contributed by atoms with Crippen molar-refractivity contribution < 1.29 is 45.5 Å². The smallest absolute Gasteiger partial charge is 0.264 e. The number of guanidine groups is 2. The summed E-state index contributed by atoms with van der Waals surface area (Å²) in [5, 5.41) is 16.9. The summed E-state index contributed by atoms with van der Waals surface area (Å²) >= 11 is 0. The molecule has 2 atom stereocenters. The van der Waals surface area contributed by atoms with Crippen LogP contribution in [0.25, 0.3) is 21.8 Å². The zero-order chi connectivity index (χ0) is 66.7. The number of fused-ring (bicyclic) bond motifs is 4. The molecule has 4 amide bonds. The van der Waals surface area contributed by atoms with Gasteiger partial charge in [0.05, 0.1) is 22.6 Å². The Kier molecular flexibility index (Phi) is 22.8. The summed E-state index contributed by atoms with van der Waals surface area (Å²) < 4.78 is 72.9. The lowest BCUT2D eigenvalue weighted by molar-refractivity contribution is -0.128. The molecule has 13 N–H and O–H groups in total. The van der Waals surface area contributed by atoms with Crippen LogP contribution >= 0.6 is 0 Å². The molecule has 0 aliphatic carbocycles. The zero-order valence-corrected chi connectivity index (χ0v) is 56.4. The minimum absolute atomic E-state index is 0.0387. The third-order valence-corrected chi connectivity index (χ3v) is 20.7. The molecule has 4 heterocycles. The van der Waals surface area contributed by atoms with Crippen LogP contribution in [0.15, 0.2) is 80.7 Å². The van der Waals surface area contributed by atoms with Gasteiger partial charge in [-0.3, -0.25) is 29.2 Å². The number of benzene rings is 4. The van der Waals surface area contributed by atoms with E-state index in [4.69, 9.17) is 20.9 Å². The number of aliphatic imine (C=N–C) groups is 2. The largest absolute Gasteiger partial charge is 0.487 e. The van der Waals surface area contributed by atoms with Crippen LogP contribution in [0.2, 0.25) is 0 Å². The number of nitrogens with one attached hydrogen (secondary N) is 9. The number of unbranched alkanes of at least 4 members (excludes halogenated alkanes) is 1. The van der Waals surface area contributed by atoms with Gasteiger partial charge < -0.3 is 57.5 Å². The van der Waals surface area contributed by atoms with Gasteiger partial charge in [-0.05, 0) is 221 Å². The van der Waals surface area contributed by atoms with Gasteiger partial charge in [-0.25, -0.2) is 26.3 Å². The van der Waals surface area contributed by atoms with Crippen LogP contribution in [0, 0.1) is 41.5 Å². The van der Waals surface area contributed by atoms with Gasteiger partial charge in [0.25, 0.3) is 20.0 Å². The van der Waals surface area contributed by atoms with Crippen molar-refractivity contribution in [1.29, 1.82) is 0 Å². The molecule has 25 heteroatoms. The fraction of sp³-hybridized carbons (Fsp3) is 0.493. The maximum absolute atomic E-state index is 13.8. The summed E-state index contributed by atoms with van der Waals surface area (Å²) in [4.78, 5) is 69.8. The molecular formula is C67H93N13O10S2. The van der Waals surface area contributed by atoms with E-state index in [-0.39, 0.29) is 95.3 Å². The SMILES string of the molecule is Cc1c(C)c(S(=O)(=O)NC(N)=NCCC[C@@H](NC(=O)Cc2c[nH]c3ccccc23)C(=O)NCCCCNCCCNC(=O)[C@@H](CCCN=C(N)NS(=O)(=O)c2c(C)c(C)c3c(c2C)CCC(C)(C)O3)NC(=O)Cc2c[nH]c3ccccc23)c(C)c2c1OC(C)(C)CC2. The second kappa shape index (κ2) is 30.1. The van der Waals surface area contributed by atoms with E-state index in [0.29, 0.717) is 93.4 Å². The van der Waals surface area contributed by atoms with E-state index in [1.54, 1.807) is 40.1 Å². The van der Waals surface area contributed by atoms with Crippen molar-refractivity contribution in [2.75, 3.05) is 39.3 Å². The highest BCUT2D eigenvalue weighted by atomic mass is 32.2. The van der Waals surface area contributed by atoms with Crippen LogP contribution in [0.3, 0.4) is 0 Å². The lowest BCUT2D eigenvalue weighted by Crippen LogP contribution is -2.47. The van der Waals surface area contributed by atoms with Crippen molar-refractivity contribution >= 4 is 77.4 Å². The monoisotopic (exact) mass is 1300 g/mol. The molecule has 0 unspecified atom stereocenters. The molecule has 4 aromatic carbocycles. The van der Waals surface area contributed by atoms with Crippen LogP contribution in [0.1, 0.15) is 141 Å². The second-order valence-corrected chi connectivity index (χ2v) is 28.7. The van der Waals surface area contributed by atoms with Gasteiger partial charge in [-0.1, -0.05) is 36.4 Å². The molecule has 0 fully saturated rings. The number of sulfonamides is 2. The Balaban J connectivity index is 0.794. The van der Waals surface area contributed by atoms with E-state index in [0.717, 1.165) is 79.5 Å². The predicted octanol–water partition coefficient (Wildman–Crippen LogP) is 6.60. The van der Waals surface area contributed by atoms with Crippen LogP contribution < -0.4 is 57.0 Å². The molecule has 0 radical (unpaired) electrons. The van der Waals surface area contributed by atoms with Gasteiger partial charge >= 0.3 is 0 Å². The number of nitrogens with zero attached hydrogens (tertiary/aromatic N) is 2. The molecule has 0 bridgehead atoms. The minimum Gasteiger partial charge on any atom is -0.487 e. The first-order chi connectivity index (χ1) is 43.6. The third-order valence-electron chi connectivity index (χ3n) is 17.5. The molecule has 2 aliphatic heterocycles. The normalized spacial score (nSPS) is 15.3. The molecule has 0 saturated heterocycles. The number of hydrogen-bond acceptors (Lipinski definition) is 13. The third kappa shape index (κ3) is 17.5. The van der Waals surface area contributed by atoms with Crippen LogP contribution in [-0.4, -0.2) is 125 Å². The number of para-hydroxylation sites is 2.